The highest BCUT2D eigenvalue weighted by atomic mass is 16.2. The Morgan fingerprint density at radius 1 is 1.27 bits per heavy atom. The van der Waals surface area contributed by atoms with Crippen molar-refractivity contribution in [2.75, 3.05) is 6.54 Å². The molecule has 0 aromatic heterocycles. The number of benzene rings is 1. The number of rotatable bonds is 4. The van der Waals surface area contributed by atoms with Crippen molar-refractivity contribution in [2.24, 2.45) is 17.8 Å². The van der Waals surface area contributed by atoms with Gasteiger partial charge in [-0.15, -0.1) is 0 Å². The standard InChI is InChI=1S/C17H23N3O2/c1-11-7-15-13(8-16(21)20-15)14(11)10-19-17(22)18-9-12-5-3-2-4-6-12/h2-6,11,13-15H,7-10H2,1H3,(H,20,21)(H2,18,19,22)/t11-,13-,14+,15+/m0/s1. The maximum absolute atomic E-state index is 11.9. The first-order valence-electron chi connectivity index (χ1n) is 7.98. The van der Waals surface area contributed by atoms with Gasteiger partial charge in [0.05, 0.1) is 0 Å². The molecule has 2 aliphatic rings. The molecule has 118 valence electrons. The summed E-state index contributed by atoms with van der Waals surface area (Å²) in [4.78, 5) is 23.4. The zero-order chi connectivity index (χ0) is 15.5. The Kier molecular flexibility index (Phi) is 4.32. The molecule has 0 radical (unpaired) electrons. The van der Waals surface area contributed by atoms with Crippen molar-refractivity contribution in [3.05, 3.63) is 35.9 Å². The lowest BCUT2D eigenvalue weighted by Crippen LogP contribution is -2.39. The normalized spacial score (nSPS) is 29.8. The monoisotopic (exact) mass is 301 g/mol. The summed E-state index contributed by atoms with van der Waals surface area (Å²) in [6.45, 7) is 3.37. The first kappa shape index (κ1) is 14.9. The Labute approximate surface area is 130 Å². The SMILES string of the molecule is C[C@H]1C[C@H]2NC(=O)C[C@H]2[C@@H]1CNC(=O)NCc1ccccc1. The summed E-state index contributed by atoms with van der Waals surface area (Å²) >= 11 is 0. The van der Waals surface area contributed by atoms with Gasteiger partial charge in [0, 0.05) is 25.6 Å². The second-order valence-electron chi connectivity index (χ2n) is 6.47. The largest absolute Gasteiger partial charge is 0.353 e. The summed E-state index contributed by atoms with van der Waals surface area (Å²) in [5, 5.41) is 8.88. The van der Waals surface area contributed by atoms with E-state index in [2.05, 4.69) is 22.9 Å². The quantitative estimate of drug-likeness (QED) is 0.791. The molecule has 2 fully saturated rings. The van der Waals surface area contributed by atoms with E-state index in [0.717, 1.165) is 12.0 Å². The van der Waals surface area contributed by atoms with E-state index in [4.69, 9.17) is 0 Å². The van der Waals surface area contributed by atoms with E-state index in [0.29, 0.717) is 43.3 Å². The average molecular weight is 301 g/mol. The maximum Gasteiger partial charge on any atom is 0.315 e. The minimum absolute atomic E-state index is 0.142. The van der Waals surface area contributed by atoms with Crippen LogP contribution in [0.2, 0.25) is 0 Å². The molecule has 1 aromatic rings. The minimum atomic E-state index is -0.142. The Bertz CT molecular complexity index is 546. The molecule has 1 heterocycles. The van der Waals surface area contributed by atoms with Crippen LogP contribution in [0, 0.1) is 17.8 Å². The van der Waals surface area contributed by atoms with E-state index in [1.807, 2.05) is 30.3 Å². The number of carbonyl (C=O) groups excluding carboxylic acids is 2. The number of amides is 3. The zero-order valence-corrected chi connectivity index (χ0v) is 12.8. The lowest BCUT2D eigenvalue weighted by molar-refractivity contribution is -0.119. The van der Waals surface area contributed by atoms with E-state index >= 15 is 0 Å². The highest BCUT2D eigenvalue weighted by molar-refractivity contribution is 5.79. The van der Waals surface area contributed by atoms with E-state index < -0.39 is 0 Å². The molecule has 1 aliphatic carbocycles. The third-order valence-electron chi connectivity index (χ3n) is 4.99. The van der Waals surface area contributed by atoms with Crippen molar-refractivity contribution in [1.29, 1.82) is 0 Å². The fourth-order valence-corrected chi connectivity index (χ4v) is 3.81. The molecule has 3 amide bonds. The Hall–Kier alpha value is -2.04. The second kappa shape index (κ2) is 6.38. The van der Waals surface area contributed by atoms with Gasteiger partial charge in [0.25, 0.3) is 0 Å². The van der Waals surface area contributed by atoms with Gasteiger partial charge in [-0.05, 0) is 29.7 Å². The minimum Gasteiger partial charge on any atom is -0.353 e. The highest BCUT2D eigenvalue weighted by Gasteiger charge is 2.46. The first-order chi connectivity index (χ1) is 10.6. The lowest BCUT2D eigenvalue weighted by atomic mass is 9.88. The average Bonchev–Trinajstić information content (AvgIpc) is 2.99. The van der Waals surface area contributed by atoms with Crippen LogP contribution in [0.25, 0.3) is 0 Å². The maximum atomic E-state index is 11.9. The van der Waals surface area contributed by atoms with Gasteiger partial charge in [0.15, 0.2) is 0 Å². The van der Waals surface area contributed by atoms with Crippen LogP contribution in [0.5, 0.6) is 0 Å². The summed E-state index contributed by atoms with van der Waals surface area (Å²) in [5.74, 6) is 1.44. The van der Waals surface area contributed by atoms with Gasteiger partial charge in [-0.2, -0.15) is 0 Å². The number of carbonyl (C=O) groups is 2. The van der Waals surface area contributed by atoms with E-state index in [1.165, 1.54) is 0 Å². The molecule has 3 rings (SSSR count). The number of fused-ring (bicyclic) bond motifs is 1. The van der Waals surface area contributed by atoms with Crippen LogP contribution in [0.3, 0.4) is 0 Å². The molecule has 1 aromatic carbocycles. The van der Waals surface area contributed by atoms with Crippen LogP contribution in [0.15, 0.2) is 30.3 Å². The van der Waals surface area contributed by atoms with Crippen molar-refractivity contribution < 1.29 is 9.59 Å². The third-order valence-corrected chi connectivity index (χ3v) is 4.99. The van der Waals surface area contributed by atoms with Crippen molar-refractivity contribution in [3.63, 3.8) is 0 Å². The molecule has 22 heavy (non-hydrogen) atoms. The Morgan fingerprint density at radius 3 is 2.82 bits per heavy atom. The van der Waals surface area contributed by atoms with Gasteiger partial charge in [-0.25, -0.2) is 4.79 Å². The predicted molar refractivity (Wildman–Crippen MR) is 84.0 cm³/mol. The zero-order valence-electron chi connectivity index (χ0n) is 12.8. The van der Waals surface area contributed by atoms with Crippen molar-refractivity contribution in [2.45, 2.75) is 32.4 Å². The van der Waals surface area contributed by atoms with Crippen LogP contribution < -0.4 is 16.0 Å². The van der Waals surface area contributed by atoms with E-state index in [-0.39, 0.29) is 11.9 Å². The van der Waals surface area contributed by atoms with Crippen molar-refractivity contribution in [1.82, 2.24) is 16.0 Å². The summed E-state index contributed by atoms with van der Waals surface area (Å²) in [6.07, 6.45) is 1.63. The van der Waals surface area contributed by atoms with E-state index in [1.54, 1.807) is 0 Å². The molecule has 0 bridgehead atoms. The van der Waals surface area contributed by atoms with Gasteiger partial charge in [0.1, 0.15) is 0 Å². The van der Waals surface area contributed by atoms with Gasteiger partial charge in [-0.1, -0.05) is 37.3 Å². The molecule has 4 atom stereocenters. The fourth-order valence-electron chi connectivity index (χ4n) is 3.81. The molecule has 0 spiro atoms. The highest BCUT2D eigenvalue weighted by Crippen LogP contribution is 2.41. The molecular weight excluding hydrogens is 278 g/mol. The van der Waals surface area contributed by atoms with Gasteiger partial charge < -0.3 is 16.0 Å². The molecule has 5 nitrogen and oxygen atoms in total. The second-order valence-corrected chi connectivity index (χ2v) is 6.47. The summed E-state index contributed by atoms with van der Waals surface area (Å²) < 4.78 is 0. The van der Waals surface area contributed by atoms with Crippen LogP contribution in [-0.4, -0.2) is 24.5 Å². The molecule has 3 N–H and O–H groups in total. The predicted octanol–water partition coefficient (Wildman–Crippen LogP) is 1.65. The Balaban J connectivity index is 1.45. The van der Waals surface area contributed by atoms with Crippen LogP contribution in [-0.2, 0) is 11.3 Å². The van der Waals surface area contributed by atoms with Gasteiger partial charge in [-0.3, -0.25) is 4.79 Å². The lowest BCUT2D eigenvalue weighted by Gasteiger charge is -2.21. The summed E-state index contributed by atoms with van der Waals surface area (Å²) in [5.41, 5.74) is 1.08. The topological polar surface area (TPSA) is 70.2 Å². The van der Waals surface area contributed by atoms with Crippen LogP contribution in [0.4, 0.5) is 4.79 Å². The molecule has 5 heteroatoms. The number of urea groups is 1. The summed E-state index contributed by atoms with van der Waals surface area (Å²) in [6, 6.07) is 10.0. The smallest absolute Gasteiger partial charge is 0.315 e. The number of nitrogens with one attached hydrogen (secondary N) is 3. The molecule has 1 aliphatic heterocycles. The Morgan fingerprint density at radius 2 is 2.05 bits per heavy atom. The first-order valence-corrected chi connectivity index (χ1v) is 7.98. The van der Waals surface area contributed by atoms with E-state index in [9.17, 15) is 9.59 Å². The van der Waals surface area contributed by atoms with Gasteiger partial charge >= 0.3 is 6.03 Å². The van der Waals surface area contributed by atoms with Crippen molar-refractivity contribution >= 4 is 11.9 Å². The fraction of sp³-hybridized carbons (Fsp3) is 0.529. The third kappa shape index (κ3) is 3.24. The molecule has 1 saturated carbocycles. The molecule has 0 unspecified atom stereocenters. The van der Waals surface area contributed by atoms with Crippen LogP contribution >= 0.6 is 0 Å². The van der Waals surface area contributed by atoms with Crippen LogP contribution in [0.1, 0.15) is 25.3 Å². The van der Waals surface area contributed by atoms with Crippen molar-refractivity contribution in [3.8, 4) is 0 Å². The molecule has 1 saturated heterocycles. The van der Waals surface area contributed by atoms with Gasteiger partial charge in [0.2, 0.25) is 5.91 Å². The summed E-state index contributed by atoms with van der Waals surface area (Å²) in [7, 11) is 0. The molecular formula is C17H23N3O2. The number of hydrogen-bond donors (Lipinski definition) is 3. The number of hydrogen-bond acceptors (Lipinski definition) is 2.